The average Bonchev–Trinajstić information content (AvgIpc) is 2.35. The number of ether oxygens (including phenoxy) is 1. The van der Waals surface area contributed by atoms with Crippen LogP contribution < -0.4 is 10.6 Å². The fourth-order valence-electron chi connectivity index (χ4n) is 1.97. The molecule has 1 aliphatic heterocycles. The minimum Gasteiger partial charge on any atom is -0.481 e. The van der Waals surface area contributed by atoms with Crippen LogP contribution in [0.4, 0.5) is 4.79 Å². The zero-order valence-electron chi connectivity index (χ0n) is 10.8. The summed E-state index contributed by atoms with van der Waals surface area (Å²) in [6.45, 7) is 3.38. The molecule has 104 valence electrons. The summed E-state index contributed by atoms with van der Waals surface area (Å²) in [6, 6.07) is -0.277. The Kier molecular flexibility index (Phi) is 6.49. The second-order valence-electron chi connectivity index (χ2n) is 4.59. The van der Waals surface area contributed by atoms with Crippen LogP contribution in [0, 0.1) is 5.92 Å². The van der Waals surface area contributed by atoms with Gasteiger partial charge < -0.3 is 20.5 Å². The third kappa shape index (κ3) is 5.35. The van der Waals surface area contributed by atoms with E-state index in [-0.39, 0.29) is 18.6 Å². The Labute approximate surface area is 107 Å². The molecule has 2 amide bonds. The minimum atomic E-state index is -0.863. The van der Waals surface area contributed by atoms with Gasteiger partial charge in [0.25, 0.3) is 0 Å². The van der Waals surface area contributed by atoms with Crippen molar-refractivity contribution in [2.24, 2.45) is 5.92 Å². The lowest BCUT2D eigenvalue weighted by molar-refractivity contribution is -0.141. The first-order valence-corrected chi connectivity index (χ1v) is 6.48. The van der Waals surface area contributed by atoms with E-state index in [1.165, 1.54) is 0 Å². The molecule has 0 aromatic rings. The fourth-order valence-corrected chi connectivity index (χ4v) is 1.97. The lowest BCUT2D eigenvalue weighted by atomic mass is 10.0. The van der Waals surface area contributed by atoms with Gasteiger partial charge in [-0.2, -0.15) is 0 Å². The standard InChI is InChI=1S/C12H22N2O4/c1-2-4-9(11(15)16)7-13-12(17)14-10-5-3-6-18-8-10/h9-10H,2-8H2,1H3,(H,15,16)(H2,13,14,17). The molecule has 2 atom stereocenters. The zero-order chi connectivity index (χ0) is 13.4. The lowest BCUT2D eigenvalue weighted by Gasteiger charge is -2.23. The molecule has 0 aromatic heterocycles. The quantitative estimate of drug-likeness (QED) is 0.662. The van der Waals surface area contributed by atoms with E-state index >= 15 is 0 Å². The summed E-state index contributed by atoms with van der Waals surface area (Å²) in [4.78, 5) is 22.5. The number of nitrogens with one attached hydrogen (secondary N) is 2. The van der Waals surface area contributed by atoms with Crippen LogP contribution in [-0.4, -0.2) is 42.9 Å². The van der Waals surface area contributed by atoms with E-state index in [0.717, 1.165) is 25.9 Å². The molecular formula is C12H22N2O4. The second-order valence-corrected chi connectivity index (χ2v) is 4.59. The molecule has 1 aliphatic rings. The molecule has 6 heteroatoms. The highest BCUT2D eigenvalue weighted by molar-refractivity contribution is 5.76. The Morgan fingerprint density at radius 2 is 2.28 bits per heavy atom. The highest BCUT2D eigenvalue weighted by atomic mass is 16.5. The van der Waals surface area contributed by atoms with Crippen LogP contribution in [0.3, 0.4) is 0 Å². The van der Waals surface area contributed by atoms with E-state index in [4.69, 9.17) is 9.84 Å². The Bertz CT molecular complexity index is 277. The topological polar surface area (TPSA) is 87.7 Å². The van der Waals surface area contributed by atoms with Crippen LogP contribution in [0.1, 0.15) is 32.6 Å². The molecule has 18 heavy (non-hydrogen) atoms. The van der Waals surface area contributed by atoms with Gasteiger partial charge in [-0.15, -0.1) is 0 Å². The molecule has 0 saturated carbocycles. The van der Waals surface area contributed by atoms with Gasteiger partial charge in [-0.3, -0.25) is 4.79 Å². The second kappa shape index (κ2) is 7.92. The predicted molar refractivity (Wildman–Crippen MR) is 66.4 cm³/mol. The van der Waals surface area contributed by atoms with Crippen molar-refractivity contribution in [2.75, 3.05) is 19.8 Å². The van der Waals surface area contributed by atoms with Crippen LogP contribution in [0.25, 0.3) is 0 Å². The number of hydrogen-bond acceptors (Lipinski definition) is 3. The summed E-state index contributed by atoms with van der Waals surface area (Å²) in [5.41, 5.74) is 0. The van der Waals surface area contributed by atoms with Gasteiger partial charge >= 0.3 is 12.0 Å². The maximum absolute atomic E-state index is 11.6. The van der Waals surface area contributed by atoms with Gasteiger partial charge in [0, 0.05) is 13.2 Å². The first-order chi connectivity index (χ1) is 8.63. The molecular weight excluding hydrogens is 236 g/mol. The number of carboxylic acids is 1. The Balaban J connectivity index is 2.24. The van der Waals surface area contributed by atoms with Crippen molar-refractivity contribution in [3.8, 4) is 0 Å². The van der Waals surface area contributed by atoms with Gasteiger partial charge in [0.05, 0.1) is 18.6 Å². The number of urea groups is 1. The third-order valence-electron chi connectivity index (χ3n) is 2.99. The van der Waals surface area contributed by atoms with E-state index in [1.807, 2.05) is 6.92 Å². The van der Waals surface area contributed by atoms with Crippen molar-refractivity contribution in [3.63, 3.8) is 0 Å². The first kappa shape index (κ1) is 14.8. The molecule has 0 spiro atoms. The van der Waals surface area contributed by atoms with Crippen LogP contribution in [0.5, 0.6) is 0 Å². The van der Waals surface area contributed by atoms with Crippen molar-refractivity contribution < 1.29 is 19.4 Å². The largest absolute Gasteiger partial charge is 0.481 e. The molecule has 0 aromatic carbocycles. The Morgan fingerprint density at radius 1 is 1.50 bits per heavy atom. The molecule has 1 saturated heterocycles. The third-order valence-corrected chi connectivity index (χ3v) is 2.99. The van der Waals surface area contributed by atoms with Crippen molar-refractivity contribution in [1.82, 2.24) is 10.6 Å². The number of amides is 2. The molecule has 1 fully saturated rings. The number of rotatable bonds is 6. The van der Waals surface area contributed by atoms with E-state index in [0.29, 0.717) is 13.0 Å². The van der Waals surface area contributed by atoms with Gasteiger partial charge in [-0.1, -0.05) is 13.3 Å². The summed E-state index contributed by atoms with van der Waals surface area (Å²) in [5, 5.41) is 14.3. The molecule has 0 radical (unpaired) electrons. The fraction of sp³-hybridized carbons (Fsp3) is 0.833. The Hall–Kier alpha value is -1.30. The summed E-state index contributed by atoms with van der Waals surface area (Å²) in [6.07, 6.45) is 3.21. The first-order valence-electron chi connectivity index (χ1n) is 6.48. The summed E-state index contributed by atoms with van der Waals surface area (Å²) < 4.78 is 5.25. The highest BCUT2D eigenvalue weighted by Crippen LogP contribution is 2.06. The molecule has 6 nitrogen and oxygen atoms in total. The van der Waals surface area contributed by atoms with Gasteiger partial charge in [0.2, 0.25) is 0 Å². The van der Waals surface area contributed by atoms with Crippen LogP contribution >= 0.6 is 0 Å². The monoisotopic (exact) mass is 258 g/mol. The molecule has 0 aliphatic carbocycles. The summed E-state index contributed by atoms with van der Waals surface area (Å²) in [5.74, 6) is -1.37. The lowest BCUT2D eigenvalue weighted by Crippen LogP contribution is -2.47. The Morgan fingerprint density at radius 3 is 2.83 bits per heavy atom. The maximum Gasteiger partial charge on any atom is 0.315 e. The molecule has 1 heterocycles. The van der Waals surface area contributed by atoms with Crippen molar-refractivity contribution in [1.29, 1.82) is 0 Å². The predicted octanol–water partition coefficient (Wildman–Crippen LogP) is 0.965. The van der Waals surface area contributed by atoms with Gasteiger partial charge in [-0.25, -0.2) is 4.79 Å². The minimum absolute atomic E-state index is 0.0354. The van der Waals surface area contributed by atoms with E-state index in [1.54, 1.807) is 0 Å². The number of carbonyl (C=O) groups is 2. The van der Waals surface area contributed by atoms with Crippen LogP contribution in [0.2, 0.25) is 0 Å². The number of aliphatic carboxylic acids is 1. The van der Waals surface area contributed by atoms with Crippen LogP contribution in [-0.2, 0) is 9.53 Å². The van der Waals surface area contributed by atoms with Crippen LogP contribution in [0.15, 0.2) is 0 Å². The van der Waals surface area contributed by atoms with E-state index in [2.05, 4.69) is 10.6 Å². The van der Waals surface area contributed by atoms with Gasteiger partial charge in [-0.05, 0) is 19.3 Å². The van der Waals surface area contributed by atoms with Gasteiger partial charge in [0.1, 0.15) is 0 Å². The van der Waals surface area contributed by atoms with E-state index < -0.39 is 11.9 Å². The van der Waals surface area contributed by atoms with E-state index in [9.17, 15) is 9.59 Å². The zero-order valence-corrected chi connectivity index (χ0v) is 10.8. The van der Waals surface area contributed by atoms with Crippen molar-refractivity contribution in [3.05, 3.63) is 0 Å². The summed E-state index contributed by atoms with van der Waals surface area (Å²) in [7, 11) is 0. The molecule has 2 unspecified atom stereocenters. The molecule has 0 bridgehead atoms. The average molecular weight is 258 g/mol. The highest BCUT2D eigenvalue weighted by Gasteiger charge is 2.19. The number of carboxylic acid groups (broad SMARTS) is 1. The number of carbonyl (C=O) groups excluding carboxylic acids is 1. The maximum atomic E-state index is 11.6. The molecule has 1 rings (SSSR count). The summed E-state index contributed by atoms with van der Waals surface area (Å²) >= 11 is 0. The SMILES string of the molecule is CCCC(CNC(=O)NC1CCCOC1)C(=O)O. The van der Waals surface area contributed by atoms with Crippen molar-refractivity contribution in [2.45, 2.75) is 38.6 Å². The van der Waals surface area contributed by atoms with Crippen molar-refractivity contribution >= 4 is 12.0 Å². The number of hydrogen-bond donors (Lipinski definition) is 3. The van der Waals surface area contributed by atoms with Gasteiger partial charge in [0.15, 0.2) is 0 Å². The molecule has 3 N–H and O–H groups in total. The smallest absolute Gasteiger partial charge is 0.315 e. The normalized spacial score (nSPS) is 21.1.